The largest absolute Gasteiger partial charge is 0.340 e. The molecule has 0 aromatic carbocycles. The highest BCUT2D eigenvalue weighted by atomic mass is 16.5. The van der Waals surface area contributed by atoms with E-state index < -0.39 is 0 Å². The van der Waals surface area contributed by atoms with Crippen LogP contribution >= 0.6 is 0 Å². The van der Waals surface area contributed by atoms with Crippen molar-refractivity contribution in [3.05, 3.63) is 17.5 Å². The van der Waals surface area contributed by atoms with Gasteiger partial charge in [-0.05, 0) is 16.8 Å². The lowest BCUT2D eigenvalue weighted by atomic mass is 10.3. The predicted octanol–water partition coefficient (Wildman–Crippen LogP) is 0.0923. The molecule has 9 heteroatoms. The van der Waals surface area contributed by atoms with Gasteiger partial charge in [0, 0.05) is 39.6 Å². The number of tetrazole rings is 1. The zero-order valence-corrected chi connectivity index (χ0v) is 13.1. The minimum atomic E-state index is 0.622. The van der Waals surface area contributed by atoms with Gasteiger partial charge in [0.1, 0.15) is 0 Å². The van der Waals surface area contributed by atoms with Gasteiger partial charge in [0.05, 0.1) is 13.1 Å². The topological polar surface area (TPSA) is 89.0 Å². The van der Waals surface area contributed by atoms with E-state index in [4.69, 9.17) is 4.52 Å². The average Bonchev–Trinajstić information content (AvgIpc) is 3.11. The maximum atomic E-state index is 5.01. The number of rotatable bonds is 6. The van der Waals surface area contributed by atoms with Crippen LogP contribution in [0.25, 0.3) is 0 Å². The van der Waals surface area contributed by atoms with E-state index in [0.29, 0.717) is 5.89 Å². The summed E-state index contributed by atoms with van der Waals surface area (Å²) in [6.07, 6.45) is 1.04. The normalized spacial score (nSPS) is 17.2. The molecule has 0 bridgehead atoms. The fourth-order valence-corrected chi connectivity index (χ4v) is 2.63. The van der Waals surface area contributed by atoms with E-state index in [0.717, 1.165) is 63.9 Å². The molecule has 9 nitrogen and oxygen atoms in total. The molecule has 1 aliphatic rings. The summed E-state index contributed by atoms with van der Waals surface area (Å²) >= 11 is 0. The molecule has 0 atom stereocenters. The summed E-state index contributed by atoms with van der Waals surface area (Å²) in [6, 6.07) is 0. The highest BCUT2D eigenvalue weighted by molar-refractivity contribution is 4.87. The van der Waals surface area contributed by atoms with E-state index >= 15 is 0 Å². The molecule has 0 unspecified atom stereocenters. The van der Waals surface area contributed by atoms with Crippen LogP contribution in [-0.2, 0) is 19.6 Å². The number of piperazine rings is 1. The van der Waals surface area contributed by atoms with E-state index in [1.54, 1.807) is 0 Å². The number of hydrogen-bond donors (Lipinski definition) is 0. The summed E-state index contributed by atoms with van der Waals surface area (Å²) in [7, 11) is 0. The van der Waals surface area contributed by atoms with Gasteiger partial charge in [-0.1, -0.05) is 12.1 Å². The number of hydrogen-bond acceptors (Lipinski definition) is 8. The Labute approximate surface area is 129 Å². The van der Waals surface area contributed by atoms with Crippen LogP contribution in [0.3, 0.4) is 0 Å². The SMILES string of the molecule is CCCn1nnnc1CN1CCN(Cc2noc(C)n2)CC1. The van der Waals surface area contributed by atoms with Crippen LogP contribution in [0.5, 0.6) is 0 Å². The van der Waals surface area contributed by atoms with Gasteiger partial charge in [-0.25, -0.2) is 4.68 Å². The summed E-state index contributed by atoms with van der Waals surface area (Å²) in [4.78, 5) is 8.98. The second-order valence-corrected chi connectivity index (χ2v) is 5.60. The molecule has 0 aliphatic carbocycles. The third-order valence-electron chi connectivity index (χ3n) is 3.81. The Bertz CT molecular complexity index is 586. The molecule has 22 heavy (non-hydrogen) atoms. The molecule has 0 spiro atoms. The van der Waals surface area contributed by atoms with Gasteiger partial charge < -0.3 is 4.52 Å². The molecular weight excluding hydrogens is 284 g/mol. The molecule has 0 radical (unpaired) electrons. The van der Waals surface area contributed by atoms with Gasteiger partial charge in [0.15, 0.2) is 11.6 Å². The lowest BCUT2D eigenvalue weighted by Crippen LogP contribution is -2.45. The summed E-state index contributed by atoms with van der Waals surface area (Å²) in [5.41, 5.74) is 0. The van der Waals surface area contributed by atoms with Crippen molar-refractivity contribution in [3.63, 3.8) is 0 Å². The monoisotopic (exact) mass is 306 g/mol. The first-order valence-electron chi connectivity index (χ1n) is 7.73. The third kappa shape index (κ3) is 3.66. The molecule has 0 N–H and O–H groups in total. The second-order valence-electron chi connectivity index (χ2n) is 5.60. The van der Waals surface area contributed by atoms with Crippen LogP contribution in [-0.4, -0.2) is 66.3 Å². The zero-order chi connectivity index (χ0) is 15.4. The number of nitrogens with zero attached hydrogens (tertiary/aromatic N) is 8. The van der Waals surface area contributed by atoms with E-state index in [9.17, 15) is 0 Å². The maximum Gasteiger partial charge on any atom is 0.223 e. The minimum absolute atomic E-state index is 0.622. The molecule has 1 saturated heterocycles. The number of aryl methyl sites for hydroxylation is 2. The van der Waals surface area contributed by atoms with E-state index in [1.165, 1.54) is 0 Å². The van der Waals surface area contributed by atoms with E-state index in [1.807, 2.05) is 11.6 Å². The molecule has 3 rings (SSSR count). The molecule has 2 aromatic heterocycles. The molecule has 2 aromatic rings. The Balaban J connectivity index is 1.48. The summed E-state index contributed by atoms with van der Waals surface area (Å²) < 4.78 is 6.91. The molecule has 1 fully saturated rings. The van der Waals surface area contributed by atoms with Crippen molar-refractivity contribution in [1.29, 1.82) is 0 Å². The Morgan fingerprint density at radius 2 is 1.82 bits per heavy atom. The first kappa shape index (κ1) is 15.0. The Kier molecular flexibility index (Phi) is 4.74. The molecule has 0 amide bonds. The van der Waals surface area contributed by atoms with Crippen molar-refractivity contribution >= 4 is 0 Å². The highest BCUT2D eigenvalue weighted by Crippen LogP contribution is 2.09. The lowest BCUT2D eigenvalue weighted by Gasteiger charge is -2.33. The third-order valence-corrected chi connectivity index (χ3v) is 3.81. The summed E-state index contributed by atoms with van der Waals surface area (Å²) in [6.45, 7) is 10.3. The van der Waals surface area contributed by atoms with E-state index in [2.05, 4.69) is 42.4 Å². The van der Waals surface area contributed by atoms with Crippen molar-refractivity contribution in [3.8, 4) is 0 Å². The van der Waals surface area contributed by atoms with Gasteiger partial charge >= 0.3 is 0 Å². The Hall–Kier alpha value is -1.87. The van der Waals surface area contributed by atoms with Gasteiger partial charge in [-0.3, -0.25) is 9.80 Å². The summed E-state index contributed by atoms with van der Waals surface area (Å²) in [5, 5.41) is 15.9. The minimum Gasteiger partial charge on any atom is -0.340 e. The standard InChI is InChI=1S/C13H22N8O/c1-3-4-21-13(15-17-18-21)10-20-7-5-19(6-8-20)9-12-14-11(2)22-16-12/h3-10H2,1-2H3. The second kappa shape index (κ2) is 6.93. The molecule has 0 saturated carbocycles. The molecule has 120 valence electrons. The predicted molar refractivity (Wildman–Crippen MR) is 77.7 cm³/mol. The fourth-order valence-electron chi connectivity index (χ4n) is 2.63. The van der Waals surface area contributed by atoms with Crippen LogP contribution < -0.4 is 0 Å². The first-order valence-corrected chi connectivity index (χ1v) is 7.73. The van der Waals surface area contributed by atoms with Crippen LogP contribution in [0.15, 0.2) is 4.52 Å². The fraction of sp³-hybridized carbons (Fsp3) is 0.769. The van der Waals surface area contributed by atoms with Crippen molar-refractivity contribution in [2.75, 3.05) is 26.2 Å². The Morgan fingerprint density at radius 1 is 1.09 bits per heavy atom. The van der Waals surface area contributed by atoms with Crippen LogP contribution in [0.4, 0.5) is 0 Å². The molecular formula is C13H22N8O. The lowest BCUT2D eigenvalue weighted by molar-refractivity contribution is 0.115. The average molecular weight is 306 g/mol. The van der Waals surface area contributed by atoms with Crippen LogP contribution in [0.2, 0.25) is 0 Å². The summed E-state index contributed by atoms with van der Waals surface area (Å²) in [5.74, 6) is 2.33. The molecule has 3 heterocycles. The smallest absolute Gasteiger partial charge is 0.223 e. The van der Waals surface area contributed by atoms with Crippen LogP contribution in [0, 0.1) is 6.92 Å². The van der Waals surface area contributed by atoms with Gasteiger partial charge in [-0.2, -0.15) is 4.98 Å². The quantitative estimate of drug-likeness (QED) is 0.742. The van der Waals surface area contributed by atoms with Crippen LogP contribution in [0.1, 0.15) is 30.9 Å². The van der Waals surface area contributed by atoms with Gasteiger partial charge in [0.25, 0.3) is 0 Å². The maximum absolute atomic E-state index is 5.01. The van der Waals surface area contributed by atoms with Crippen molar-refractivity contribution in [2.45, 2.75) is 39.9 Å². The van der Waals surface area contributed by atoms with Crippen molar-refractivity contribution in [2.24, 2.45) is 0 Å². The van der Waals surface area contributed by atoms with Crippen molar-refractivity contribution in [1.82, 2.24) is 40.1 Å². The zero-order valence-electron chi connectivity index (χ0n) is 13.1. The Morgan fingerprint density at radius 3 is 2.45 bits per heavy atom. The molecule has 1 aliphatic heterocycles. The first-order chi connectivity index (χ1) is 10.7. The number of aromatic nitrogens is 6. The van der Waals surface area contributed by atoms with Gasteiger partial charge in [0.2, 0.25) is 5.89 Å². The van der Waals surface area contributed by atoms with Gasteiger partial charge in [-0.15, -0.1) is 5.10 Å². The highest BCUT2D eigenvalue weighted by Gasteiger charge is 2.20. The van der Waals surface area contributed by atoms with Crippen molar-refractivity contribution < 1.29 is 4.52 Å². The van der Waals surface area contributed by atoms with E-state index in [-0.39, 0.29) is 0 Å².